The van der Waals surface area contributed by atoms with Crippen LogP contribution in [-0.4, -0.2) is 58.6 Å². The highest BCUT2D eigenvalue weighted by Crippen LogP contribution is 2.38. The Bertz CT molecular complexity index is 1770. The predicted molar refractivity (Wildman–Crippen MR) is 170 cm³/mol. The molecular formula is C34H41N7O3. The summed E-state index contributed by atoms with van der Waals surface area (Å²) in [5.74, 6) is 1.39. The van der Waals surface area contributed by atoms with Gasteiger partial charge in [0.25, 0.3) is 5.56 Å². The third kappa shape index (κ3) is 5.04. The van der Waals surface area contributed by atoms with Gasteiger partial charge in [-0.3, -0.25) is 9.69 Å². The van der Waals surface area contributed by atoms with Gasteiger partial charge in [-0.25, -0.2) is 19.3 Å². The van der Waals surface area contributed by atoms with E-state index in [4.69, 9.17) is 9.97 Å². The lowest BCUT2D eigenvalue weighted by molar-refractivity contribution is 0.0306. The van der Waals surface area contributed by atoms with Crippen LogP contribution in [0, 0.1) is 5.92 Å². The number of pyridine rings is 1. The van der Waals surface area contributed by atoms with Crippen molar-refractivity contribution in [2.24, 2.45) is 5.92 Å². The second-order valence-electron chi connectivity index (χ2n) is 12.7. The van der Waals surface area contributed by atoms with E-state index in [0.717, 1.165) is 50.0 Å². The van der Waals surface area contributed by atoms with Gasteiger partial charge in [0.15, 0.2) is 11.5 Å². The third-order valence-corrected chi connectivity index (χ3v) is 10.1. The van der Waals surface area contributed by atoms with Gasteiger partial charge in [0.05, 0.1) is 12.2 Å². The molecule has 0 saturated heterocycles. The molecule has 3 aliphatic rings. The zero-order valence-corrected chi connectivity index (χ0v) is 25.4. The molecule has 0 amide bonds. The van der Waals surface area contributed by atoms with Crippen LogP contribution in [-0.2, 0) is 31.5 Å². The summed E-state index contributed by atoms with van der Waals surface area (Å²) in [6.07, 6.45) is 10.8. The number of anilines is 2. The van der Waals surface area contributed by atoms with Gasteiger partial charge in [0.2, 0.25) is 5.95 Å². The number of nitrogens with one attached hydrogen (secondary N) is 1. The molecule has 0 bridgehead atoms. The van der Waals surface area contributed by atoms with Gasteiger partial charge in [0, 0.05) is 37.6 Å². The molecule has 0 spiro atoms. The normalized spacial score (nSPS) is 23.4. The molecule has 3 aromatic heterocycles. The molecule has 4 heterocycles. The first kappa shape index (κ1) is 28.9. The lowest BCUT2D eigenvalue weighted by Gasteiger charge is -2.39. The predicted octanol–water partition coefficient (Wildman–Crippen LogP) is 4.36. The monoisotopic (exact) mass is 595 g/mol. The number of hydrogen-bond acceptors (Lipinski definition) is 8. The number of aliphatic hydroxyl groups excluding tert-OH is 1. The molecule has 3 N–H and O–H groups in total. The van der Waals surface area contributed by atoms with E-state index in [1.165, 1.54) is 24.0 Å². The first-order valence-electron chi connectivity index (χ1n) is 16.0. The Morgan fingerprint density at radius 1 is 1.09 bits per heavy atom. The van der Waals surface area contributed by atoms with Crippen molar-refractivity contribution in [2.75, 3.05) is 18.5 Å². The smallest absolute Gasteiger partial charge is 0.278 e. The lowest BCUT2D eigenvalue weighted by atomic mass is 9.84. The molecule has 2 aliphatic carbocycles. The van der Waals surface area contributed by atoms with Crippen molar-refractivity contribution in [3.05, 3.63) is 81.9 Å². The van der Waals surface area contributed by atoms with Gasteiger partial charge in [-0.1, -0.05) is 25.1 Å². The van der Waals surface area contributed by atoms with E-state index in [1.807, 2.05) is 19.1 Å². The van der Waals surface area contributed by atoms with Crippen molar-refractivity contribution in [1.29, 1.82) is 0 Å². The number of aryl methyl sites for hydroxylation is 1. The molecule has 1 atom stereocenters. The van der Waals surface area contributed by atoms with Crippen molar-refractivity contribution >= 4 is 22.7 Å². The summed E-state index contributed by atoms with van der Waals surface area (Å²) in [4.78, 5) is 30.3. The summed E-state index contributed by atoms with van der Waals surface area (Å²) in [7, 11) is 0. The Kier molecular flexibility index (Phi) is 7.60. The number of nitrogens with zero attached hydrogens (tertiary/aromatic N) is 6. The third-order valence-electron chi connectivity index (χ3n) is 10.1. The molecule has 0 unspecified atom stereocenters. The number of aromatic nitrogens is 5. The molecule has 0 radical (unpaired) electrons. The van der Waals surface area contributed by atoms with Crippen LogP contribution in [0.1, 0.15) is 67.8 Å². The number of hydrogen-bond donors (Lipinski definition) is 3. The highest BCUT2D eigenvalue weighted by Gasteiger charge is 2.37. The van der Waals surface area contributed by atoms with Gasteiger partial charge >= 0.3 is 0 Å². The van der Waals surface area contributed by atoms with Crippen LogP contribution in [0.15, 0.2) is 54.0 Å². The van der Waals surface area contributed by atoms with Gasteiger partial charge in [-0.05, 0) is 92.2 Å². The van der Waals surface area contributed by atoms with E-state index in [-0.39, 0.29) is 12.1 Å². The summed E-state index contributed by atoms with van der Waals surface area (Å²) in [5, 5.41) is 24.5. The van der Waals surface area contributed by atoms with Crippen LogP contribution >= 0.6 is 0 Å². The number of aliphatic hydroxyl groups is 2. The van der Waals surface area contributed by atoms with E-state index in [2.05, 4.69) is 40.0 Å². The number of allylic oxidation sites excluding steroid dienone is 1. The minimum Gasteiger partial charge on any atom is -0.396 e. The first-order valence-corrected chi connectivity index (χ1v) is 16.0. The highest BCUT2D eigenvalue weighted by molar-refractivity contribution is 5.77. The summed E-state index contributed by atoms with van der Waals surface area (Å²) in [6.45, 7) is 8.40. The average Bonchev–Trinajstić information content (AvgIpc) is 3.54. The molecule has 4 aromatic rings. The maximum absolute atomic E-state index is 13.4. The van der Waals surface area contributed by atoms with Gasteiger partial charge in [0.1, 0.15) is 11.0 Å². The quantitative estimate of drug-likeness (QED) is 0.257. The Labute approximate surface area is 257 Å². The van der Waals surface area contributed by atoms with E-state index >= 15 is 0 Å². The molecular weight excluding hydrogens is 554 g/mol. The summed E-state index contributed by atoms with van der Waals surface area (Å²) >= 11 is 0. The maximum atomic E-state index is 13.4. The maximum Gasteiger partial charge on any atom is 0.278 e. The van der Waals surface area contributed by atoms with Crippen molar-refractivity contribution in [3.8, 4) is 5.82 Å². The van der Waals surface area contributed by atoms with E-state index < -0.39 is 5.60 Å². The minimum absolute atomic E-state index is 0.220. The number of rotatable bonds is 8. The number of fused-ring (bicyclic) bond motifs is 3. The summed E-state index contributed by atoms with van der Waals surface area (Å²) in [6, 6.07) is 10.9. The van der Waals surface area contributed by atoms with E-state index in [9.17, 15) is 15.0 Å². The van der Waals surface area contributed by atoms with Crippen LogP contribution in [0.25, 0.3) is 16.9 Å². The first-order chi connectivity index (χ1) is 21.4. The van der Waals surface area contributed by atoms with Crippen molar-refractivity contribution < 1.29 is 10.2 Å². The van der Waals surface area contributed by atoms with Gasteiger partial charge in [-0.15, -0.1) is 6.58 Å². The average molecular weight is 596 g/mol. The highest BCUT2D eigenvalue weighted by atomic mass is 16.3. The van der Waals surface area contributed by atoms with Crippen LogP contribution in [0.5, 0.6) is 0 Å². The number of benzene rings is 1. The molecule has 10 heteroatoms. The van der Waals surface area contributed by atoms with Gasteiger partial charge in [-0.2, -0.15) is 4.98 Å². The van der Waals surface area contributed by atoms with Crippen molar-refractivity contribution in [2.45, 2.75) is 83.0 Å². The van der Waals surface area contributed by atoms with Crippen molar-refractivity contribution in [1.82, 2.24) is 29.2 Å². The standard InChI is InChI=1S/C34H41N7O3/c1-3-16-40-32(43)28-19-35-33(38-31(28)41(40)29-12-8-23-13-15-34(44,4-2)30(23)37-29)36-26-9-7-25-20-39(17-14-24(25)18-26)27-10-5-22(21-42)6-11-27/h3,7-9,12,18-19,22,27,42,44H,1,4-6,10-11,13-17,20-21H2,2H3,(H,35,36,38)/t22?,27?,34-/m1/s1. The second kappa shape index (κ2) is 11.6. The molecule has 1 aromatic carbocycles. The minimum atomic E-state index is -0.970. The second-order valence-corrected chi connectivity index (χ2v) is 12.7. The van der Waals surface area contributed by atoms with Crippen LogP contribution in [0.4, 0.5) is 11.6 Å². The Morgan fingerprint density at radius 3 is 2.68 bits per heavy atom. The Morgan fingerprint density at radius 2 is 1.91 bits per heavy atom. The fourth-order valence-electron chi connectivity index (χ4n) is 7.40. The fourth-order valence-corrected chi connectivity index (χ4v) is 7.40. The molecule has 1 aliphatic heterocycles. The summed E-state index contributed by atoms with van der Waals surface area (Å²) in [5.41, 5.74) is 4.56. The molecule has 1 fully saturated rings. The molecule has 10 nitrogen and oxygen atoms in total. The SMILES string of the molecule is C=CCn1c(=O)c2cnc(Nc3ccc4c(c3)CCN(C3CCC(CO)CC3)C4)nc2n1-c1ccc2c(n1)[C@@](O)(CC)CC2. The van der Waals surface area contributed by atoms with Crippen molar-refractivity contribution in [3.63, 3.8) is 0 Å². The summed E-state index contributed by atoms with van der Waals surface area (Å²) < 4.78 is 3.28. The molecule has 44 heavy (non-hydrogen) atoms. The Hall–Kier alpha value is -3.86. The molecule has 230 valence electrons. The zero-order valence-electron chi connectivity index (χ0n) is 25.4. The topological polar surface area (TPSA) is 121 Å². The van der Waals surface area contributed by atoms with Crippen LogP contribution in [0.3, 0.4) is 0 Å². The van der Waals surface area contributed by atoms with Crippen LogP contribution < -0.4 is 10.9 Å². The lowest BCUT2D eigenvalue weighted by Crippen LogP contribution is -2.41. The Balaban J connectivity index is 1.17. The fraction of sp³-hybridized carbons (Fsp3) is 0.471. The zero-order chi connectivity index (χ0) is 30.4. The van der Waals surface area contributed by atoms with Crippen LogP contribution in [0.2, 0.25) is 0 Å². The van der Waals surface area contributed by atoms with Gasteiger partial charge < -0.3 is 15.5 Å². The van der Waals surface area contributed by atoms with E-state index in [1.54, 1.807) is 21.6 Å². The van der Waals surface area contributed by atoms with E-state index in [0.29, 0.717) is 59.9 Å². The molecule has 7 rings (SSSR count). The largest absolute Gasteiger partial charge is 0.396 e. The molecule has 1 saturated carbocycles.